The van der Waals surface area contributed by atoms with Gasteiger partial charge in [-0.05, 0) is 12.1 Å². The normalized spacial score (nSPS) is 12.0. The third-order valence-electron chi connectivity index (χ3n) is 2.81. The predicted molar refractivity (Wildman–Crippen MR) is 81.0 cm³/mol. The van der Waals surface area contributed by atoms with Crippen LogP contribution in [0, 0.1) is 11.3 Å². The standard InChI is InChI=1S/C13H14ClN3O2.ClH/c14-9-13(18)17(6-1-4-15)10-2-3-11-12(8-10)19-7-5-16-11;/h2-3,8,16H,1,5-7,9H2;1H. The van der Waals surface area contributed by atoms with Crippen molar-refractivity contribution < 1.29 is 9.53 Å². The van der Waals surface area contributed by atoms with Gasteiger partial charge in [0.05, 0.1) is 18.2 Å². The van der Waals surface area contributed by atoms with Crippen LogP contribution in [0.1, 0.15) is 6.42 Å². The molecule has 0 spiro atoms. The van der Waals surface area contributed by atoms with Crippen LogP contribution >= 0.6 is 24.0 Å². The zero-order chi connectivity index (χ0) is 13.7. The fourth-order valence-electron chi connectivity index (χ4n) is 1.92. The van der Waals surface area contributed by atoms with Gasteiger partial charge >= 0.3 is 0 Å². The van der Waals surface area contributed by atoms with E-state index in [1.54, 1.807) is 6.07 Å². The maximum atomic E-state index is 11.8. The highest BCUT2D eigenvalue weighted by Crippen LogP contribution is 2.32. The zero-order valence-corrected chi connectivity index (χ0v) is 12.3. The van der Waals surface area contributed by atoms with Gasteiger partial charge in [0.2, 0.25) is 5.91 Å². The summed E-state index contributed by atoms with van der Waals surface area (Å²) in [5.74, 6) is 0.385. The fraction of sp³-hybridized carbons (Fsp3) is 0.385. The molecule has 0 aliphatic carbocycles. The van der Waals surface area contributed by atoms with Crippen molar-refractivity contribution in [2.45, 2.75) is 6.42 Å². The Bertz CT molecular complexity index is 517. The van der Waals surface area contributed by atoms with E-state index in [1.807, 2.05) is 18.2 Å². The molecule has 1 aromatic rings. The number of fused-ring (bicyclic) bond motifs is 1. The first-order chi connectivity index (χ1) is 9.26. The summed E-state index contributed by atoms with van der Waals surface area (Å²) in [6.07, 6.45) is 0.263. The molecule has 1 aliphatic rings. The van der Waals surface area contributed by atoms with Crippen LogP contribution < -0.4 is 15.0 Å². The molecular formula is C13H15Cl2N3O2. The van der Waals surface area contributed by atoms with E-state index in [9.17, 15) is 4.79 Å². The van der Waals surface area contributed by atoms with Crippen LogP contribution in [0.25, 0.3) is 0 Å². The molecule has 0 aromatic heterocycles. The number of carbonyl (C=O) groups is 1. The Morgan fingerprint density at radius 1 is 1.55 bits per heavy atom. The molecule has 1 aliphatic heterocycles. The average Bonchev–Trinajstić information content (AvgIpc) is 2.47. The summed E-state index contributed by atoms with van der Waals surface area (Å²) in [6, 6.07) is 7.51. The van der Waals surface area contributed by atoms with Gasteiger partial charge < -0.3 is 15.0 Å². The molecule has 0 radical (unpaired) electrons. The summed E-state index contributed by atoms with van der Waals surface area (Å²) in [4.78, 5) is 13.3. The number of rotatable bonds is 4. The van der Waals surface area contributed by atoms with E-state index in [2.05, 4.69) is 5.32 Å². The van der Waals surface area contributed by atoms with Gasteiger partial charge in [-0.3, -0.25) is 4.79 Å². The van der Waals surface area contributed by atoms with Crippen molar-refractivity contribution in [2.24, 2.45) is 0 Å². The molecule has 1 heterocycles. The summed E-state index contributed by atoms with van der Waals surface area (Å²) < 4.78 is 5.53. The Hall–Kier alpha value is -1.64. The van der Waals surface area contributed by atoms with Gasteiger partial charge in [-0.2, -0.15) is 5.26 Å². The molecular weight excluding hydrogens is 301 g/mol. The maximum absolute atomic E-state index is 11.8. The molecule has 1 aromatic carbocycles. The summed E-state index contributed by atoms with van der Waals surface area (Å²) in [5.41, 5.74) is 1.61. The lowest BCUT2D eigenvalue weighted by molar-refractivity contribution is -0.116. The molecule has 0 fully saturated rings. The molecule has 108 valence electrons. The Morgan fingerprint density at radius 2 is 2.35 bits per heavy atom. The number of amides is 1. The number of ether oxygens (including phenoxy) is 1. The molecule has 7 heteroatoms. The van der Waals surface area contributed by atoms with Gasteiger partial charge in [0.25, 0.3) is 0 Å². The summed E-state index contributed by atoms with van der Waals surface area (Å²) in [7, 11) is 0. The predicted octanol–water partition coefficient (Wildman–Crippen LogP) is 2.40. The average molecular weight is 316 g/mol. The van der Waals surface area contributed by atoms with Gasteiger partial charge in [-0.25, -0.2) is 0 Å². The molecule has 1 N–H and O–H groups in total. The molecule has 0 atom stereocenters. The van der Waals surface area contributed by atoms with Crippen molar-refractivity contribution in [1.82, 2.24) is 0 Å². The van der Waals surface area contributed by atoms with Crippen LogP contribution in [0.3, 0.4) is 0 Å². The van der Waals surface area contributed by atoms with Crippen molar-refractivity contribution in [3.05, 3.63) is 18.2 Å². The van der Waals surface area contributed by atoms with Crippen molar-refractivity contribution >= 4 is 41.3 Å². The highest BCUT2D eigenvalue weighted by Gasteiger charge is 2.17. The van der Waals surface area contributed by atoms with Crippen molar-refractivity contribution in [3.8, 4) is 11.8 Å². The maximum Gasteiger partial charge on any atom is 0.241 e. The van der Waals surface area contributed by atoms with Crippen LogP contribution in [0.2, 0.25) is 0 Å². The first-order valence-corrected chi connectivity index (χ1v) is 6.53. The molecule has 20 heavy (non-hydrogen) atoms. The molecule has 0 saturated heterocycles. The van der Waals surface area contributed by atoms with E-state index in [-0.39, 0.29) is 30.6 Å². The minimum atomic E-state index is -0.222. The van der Waals surface area contributed by atoms with Gasteiger partial charge in [0, 0.05) is 24.8 Å². The van der Waals surface area contributed by atoms with Gasteiger partial charge in [-0.1, -0.05) is 0 Å². The summed E-state index contributed by atoms with van der Waals surface area (Å²) >= 11 is 5.60. The Morgan fingerprint density at radius 3 is 3.05 bits per heavy atom. The number of nitriles is 1. The van der Waals surface area contributed by atoms with E-state index < -0.39 is 0 Å². The first kappa shape index (κ1) is 16.4. The summed E-state index contributed by atoms with van der Waals surface area (Å²) in [5, 5.41) is 11.9. The molecule has 5 nitrogen and oxygen atoms in total. The Balaban J connectivity index is 0.00000200. The van der Waals surface area contributed by atoms with Crippen LogP contribution in [0.15, 0.2) is 18.2 Å². The first-order valence-electron chi connectivity index (χ1n) is 6.00. The fourth-order valence-corrected chi connectivity index (χ4v) is 2.07. The molecule has 0 bridgehead atoms. The van der Waals surface area contributed by atoms with Gasteiger partial charge in [0.15, 0.2) is 0 Å². The number of halogens is 2. The minimum Gasteiger partial charge on any atom is -0.490 e. The highest BCUT2D eigenvalue weighted by molar-refractivity contribution is 6.29. The van der Waals surface area contributed by atoms with Crippen LogP contribution in [-0.4, -0.2) is 31.5 Å². The number of hydrogen-bond acceptors (Lipinski definition) is 4. The second kappa shape index (κ2) is 7.83. The lowest BCUT2D eigenvalue weighted by Gasteiger charge is -2.24. The quantitative estimate of drug-likeness (QED) is 0.866. The van der Waals surface area contributed by atoms with E-state index in [0.29, 0.717) is 24.6 Å². The van der Waals surface area contributed by atoms with Crippen LogP contribution in [-0.2, 0) is 4.79 Å². The smallest absolute Gasteiger partial charge is 0.241 e. The number of alkyl halides is 1. The largest absolute Gasteiger partial charge is 0.490 e. The summed E-state index contributed by atoms with van der Waals surface area (Å²) in [6.45, 7) is 1.69. The van der Waals surface area contributed by atoms with E-state index in [1.165, 1.54) is 4.90 Å². The number of carbonyl (C=O) groups excluding carboxylic acids is 1. The molecule has 1 amide bonds. The lowest BCUT2D eigenvalue weighted by Crippen LogP contribution is -2.33. The van der Waals surface area contributed by atoms with Crippen LogP contribution in [0.4, 0.5) is 11.4 Å². The highest BCUT2D eigenvalue weighted by atomic mass is 35.5. The lowest BCUT2D eigenvalue weighted by atomic mass is 10.2. The second-order valence-corrected chi connectivity index (χ2v) is 4.31. The monoisotopic (exact) mass is 315 g/mol. The van der Waals surface area contributed by atoms with Crippen LogP contribution in [0.5, 0.6) is 5.75 Å². The number of anilines is 2. The topological polar surface area (TPSA) is 65.4 Å². The van der Waals surface area contributed by atoms with E-state index in [0.717, 1.165) is 12.2 Å². The number of benzene rings is 1. The van der Waals surface area contributed by atoms with E-state index >= 15 is 0 Å². The third-order valence-corrected chi connectivity index (χ3v) is 3.04. The van der Waals surface area contributed by atoms with Gasteiger partial charge in [0.1, 0.15) is 18.2 Å². The number of hydrogen-bond donors (Lipinski definition) is 1. The zero-order valence-electron chi connectivity index (χ0n) is 10.8. The SMILES string of the molecule is Cl.N#CCCN(C(=O)CCl)c1ccc2c(c1)OCCN2. The van der Waals surface area contributed by atoms with Crippen molar-refractivity contribution in [2.75, 3.05) is 35.8 Å². The number of nitrogens with one attached hydrogen (secondary N) is 1. The molecule has 2 rings (SSSR count). The molecule has 0 unspecified atom stereocenters. The Kier molecular flexibility index (Phi) is 6.43. The van der Waals surface area contributed by atoms with E-state index in [4.69, 9.17) is 21.6 Å². The third kappa shape index (κ3) is 3.69. The second-order valence-electron chi connectivity index (χ2n) is 4.04. The minimum absolute atomic E-state index is 0. The number of nitrogens with zero attached hydrogens (tertiary/aromatic N) is 2. The van der Waals surface area contributed by atoms with Crippen molar-refractivity contribution in [1.29, 1.82) is 5.26 Å². The van der Waals surface area contributed by atoms with Crippen molar-refractivity contribution in [3.63, 3.8) is 0 Å². The molecule has 0 saturated carbocycles. The van der Waals surface area contributed by atoms with Gasteiger partial charge in [-0.15, -0.1) is 24.0 Å². The Labute approximate surface area is 128 Å².